The van der Waals surface area contributed by atoms with Crippen molar-refractivity contribution in [1.29, 1.82) is 0 Å². The number of rotatable bonds is 11. The summed E-state index contributed by atoms with van der Waals surface area (Å²) < 4.78 is 0. The molecule has 0 radical (unpaired) electrons. The quantitative estimate of drug-likeness (QED) is 0.100. The van der Waals surface area contributed by atoms with Crippen LogP contribution < -0.4 is 27.8 Å². The van der Waals surface area contributed by atoms with Crippen LogP contribution in [0.3, 0.4) is 0 Å². The van der Waals surface area contributed by atoms with Gasteiger partial charge in [0.1, 0.15) is 18.1 Å². The summed E-state index contributed by atoms with van der Waals surface area (Å²) in [7, 11) is 0. The molecule has 12 nitrogen and oxygen atoms in total. The summed E-state index contributed by atoms with van der Waals surface area (Å²) in [5.74, 6) is -3.19. The van der Waals surface area contributed by atoms with Gasteiger partial charge in [-0.1, -0.05) is 0 Å². The zero-order valence-corrected chi connectivity index (χ0v) is 14.8. The van der Waals surface area contributed by atoms with E-state index in [4.69, 9.17) is 17.2 Å². The van der Waals surface area contributed by atoms with Gasteiger partial charge in [0.15, 0.2) is 5.96 Å². The zero-order valence-electron chi connectivity index (χ0n) is 14.8. The van der Waals surface area contributed by atoms with Crippen LogP contribution >= 0.6 is 0 Å². The maximum Gasteiger partial charge on any atom is 0.326 e. The van der Waals surface area contributed by atoms with Crippen LogP contribution in [0, 0.1) is 0 Å². The third-order valence-corrected chi connectivity index (χ3v) is 3.44. The fourth-order valence-electron chi connectivity index (χ4n) is 1.90. The van der Waals surface area contributed by atoms with Crippen LogP contribution in [0.2, 0.25) is 0 Å². The van der Waals surface area contributed by atoms with Crippen molar-refractivity contribution in [1.82, 2.24) is 10.6 Å². The molecule has 0 heterocycles. The number of nitrogens with one attached hydrogen (secondary N) is 2. The van der Waals surface area contributed by atoms with E-state index >= 15 is 0 Å². The first-order chi connectivity index (χ1) is 12.0. The predicted octanol–water partition coefficient (Wildman–Crippen LogP) is -3.82. The summed E-state index contributed by atoms with van der Waals surface area (Å²) in [5.41, 5.74) is 15.8. The average molecular weight is 376 g/mol. The van der Waals surface area contributed by atoms with Gasteiger partial charge in [-0.15, -0.1) is 0 Å². The van der Waals surface area contributed by atoms with E-state index in [-0.39, 0.29) is 25.3 Å². The van der Waals surface area contributed by atoms with Gasteiger partial charge in [-0.05, 0) is 26.7 Å². The van der Waals surface area contributed by atoms with Gasteiger partial charge in [-0.25, -0.2) is 4.79 Å². The summed E-state index contributed by atoms with van der Waals surface area (Å²) in [5, 5.41) is 32.6. The Hall–Kier alpha value is -2.44. The van der Waals surface area contributed by atoms with E-state index in [0.29, 0.717) is 0 Å². The Morgan fingerprint density at radius 3 is 2.04 bits per heavy atom. The Kier molecular flexibility index (Phi) is 10.2. The predicted molar refractivity (Wildman–Crippen MR) is 92.7 cm³/mol. The van der Waals surface area contributed by atoms with Gasteiger partial charge < -0.3 is 43.2 Å². The number of carbonyl (C=O) groups excluding carboxylic acids is 2. The highest BCUT2D eigenvalue weighted by Crippen LogP contribution is 2.02. The third kappa shape index (κ3) is 8.60. The maximum atomic E-state index is 12.2. The minimum atomic E-state index is -1.44. The summed E-state index contributed by atoms with van der Waals surface area (Å²) in [4.78, 5) is 39.1. The van der Waals surface area contributed by atoms with Gasteiger partial charge in [-0.2, -0.15) is 0 Å². The molecule has 0 aromatic carbocycles. The Labute approximate surface area is 150 Å². The first-order valence-electron chi connectivity index (χ1n) is 7.98. The molecule has 0 aliphatic rings. The van der Waals surface area contributed by atoms with Crippen molar-refractivity contribution in [2.45, 2.75) is 57.0 Å². The average Bonchev–Trinajstić information content (AvgIpc) is 2.53. The minimum Gasteiger partial charge on any atom is -0.480 e. The number of guanidine groups is 1. The molecule has 0 saturated carbocycles. The first-order valence-corrected chi connectivity index (χ1v) is 7.98. The number of amides is 2. The van der Waals surface area contributed by atoms with Crippen molar-refractivity contribution < 1.29 is 29.7 Å². The molecule has 5 unspecified atom stereocenters. The number of aliphatic hydroxyl groups is 2. The molecular weight excluding hydrogens is 348 g/mol. The summed E-state index contributed by atoms with van der Waals surface area (Å²) in [6.07, 6.45) is -2.18. The van der Waals surface area contributed by atoms with E-state index in [0.717, 1.165) is 0 Å². The number of hydrogen-bond acceptors (Lipinski definition) is 7. The Balaban J connectivity index is 4.90. The van der Waals surface area contributed by atoms with Crippen LogP contribution in [0.4, 0.5) is 0 Å². The molecule has 0 bridgehead atoms. The lowest BCUT2D eigenvalue weighted by atomic mass is 10.1. The highest BCUT2D eigenvalue weighted by atomic mass is 16.4. The second-order valence-corrected chi connectivity index (χ2v) is 5.84. The number of aliphatic hydroxyl groups excluding tert-OH is 2. The number of aliphatic carboxylic acids is 1. The molecule has 0 spiro atoms. The number of nitrogens with zero attached hydrogens (tertiary/aromatic N) is 1. The molecule has 0 aliphatic heterocycles. The number of carbonyl (C=O) groups is 3. The Morgan fingerprint density at radius 1 is 1.04 bits per heavy atom. The van der Waals surface area contributed by atoms with Crippen molar-refractivity contribution in [3.05, 3.63) is 0 Å². The topological polar surface area (TPSA) is 226 Å². The van der Waals surface area contributed by atoms with E-state index in [1.54, 1.807) is 0 Å². The lowest BCUT2D eigenvalue weighted by Gasteiger charge is -2.25. The molecule has 0 saturated heterocycles. The monoisotopic (exact) mass is 376 g/mol. The number of nitrogens with two attached hydrogens (primary N) is 3. The lowest BCUT2D eigenvalue weighted by molar-refractivity contribution is -0.143. The fourth-order valence-corrected chi connectivity index (χ4v) is 1.90. The van der Waals surface area contributed by atoms with Crippen LogP contribution in [0.5, 0.6) is 0 Å². The normalized spacial score (nSPS) is 16.5. The highest BCUT2D eigenvalue weighted by molar-refractivity contribution is 5.92. The smallest absolute Gasteiger partial charge is 0.326 e. The molecule has 0 fully saturated rings. The Bertz CT molecular complexity index is 520. The molecule has 2 amide bonds. The lowest BCUT2D eigenvalue weighted by Crippen LogP contribution is -2.59. The van der Waals surface area contributed by atoms with Crippen LogP contribution in [-0.2, 0) is 14.4 Å². The molecule has 150 valence electrons. The SMILES string of the molecule is CC(O)C(N)C(=O)NC(C(=O)NC(CCCN=C(N)N)C(=O)O)C(C)O. The molecule has 26 heavy (non-hydrogen) atoms. The van der Waals surface area contributed by atoms with Crippen molar-refractivity contribution in [3.63, 3.8) is 0 Å². The maximum absolute atomic E-state index is 12.2. The van der Waals surface area contributed by atoms with Crippen LogP contribution in [0.15, 0.2) is 4.99 Å². The van der Waals surface area contributed by atoms with Gasteiger partial charge >= 0.3 is 5.97 Å². The molecule has 0 rings (SSSR count). The van der Waals surface area contributed by atoms with Gasteiger partial charge in [0.25, 0.3) is 0 Å². The number of hydrogen-bond donors (Lipinski definition) is 8. The molecular formula is C14H28N6O6. The number of carboxylic acid groups (broad SMARTS) is 1. The van der Waals surface area contributed by atoms with E-state index in [1.165, 1.54) is 13.8 Å². The van der Waals surface area contributed by atoms with E-state index in [9.17, 15) is 29.7 Å². The summed E-state index contributed by atoms with van der Waals surface area (Å²) in [6.45, 7) is 2.72. The van der Waals surface area contributed by atoms with Gasteiger partial charge in [-0.3, -0.25) is 14.6 Å². The Morgan fingerprint density at radius 2 is 1.62 bits per heavy atom. The van der Waals surface area contributed by atoms with Crippen molar-refractivity contribution in [2.24, 2.45) is 22.2 Å². The summed E-state index contributed by atoms with van der Waals surface area (Å²) >= 11 is 0. The van der Waals surface area contributed by atoms with Gasteiger partial charge in [0.05, 0.1) is 12.2 Å². The molecule has 11 N–H and O–H groups in total. The van der Waals surface area contributed by atoms with Gasteiger partial charge in [0.2, 0.25) is 11.8 Å². The molecule has 5 atom stereocenters. The van der Waals surface area contributed by atoms with Crippen molar-refractivity contribution in [3.8, 4) is 0 Å². The molecule has 0 aliphatic carbocycles. The third-order valence-electron chi connectivity index (χ3n) is 3.44. The molecule has 12 heteroatoms. The van der Waals surface area contributed by atoms with Crippen LogP contribution in [0.25, 0.3) is 0 Å². The first kappa shape index (κ1) is 23.6. The van der Waals surface area contributed by atoms with Crippen molar-refractivity contribution in [2.75, 3.05) is 6.54 Å². The van der Waals surface area contributed by atoms with Gasteiger partial charge in [0, 0.05) is 6.54 Å². The minimum absolute atomic E-state index is 0.0333. The fraction of sp³-hybridized carbons (Fsp3) is 0.714. The second kappa shape index (κ2) is 11.2. The number of carboxylic acids is 1. The largest absolute Gasteiger partial charge is 0.480 e. The molecule has 0 aromatic heterocycles. The van der Waals surface area contributed by atoms with Crippen LogP contribution in [-0.4, -0.2) is 75.9 Å². The van der Waals surface area contributed by atoms with E-state index in [2.05, 4.69) is 15.6 Å². The molecule has 0 aromatic rings. The van der Waals surface area contributed by atoms with Crippen LogP contribution in [0.1, 0.15) is 26.7 Å². The van der Waals surface area contributed by atoms with E-state index < -0.39 is 48.1 Å². The van der Waals surface area contributed by atoms with Crippen molar-refractivity contribution >= 4 is 23.7 Å². The standard InChI is InChI=1S/C14H28N6O6/c1-6(21)9(15)11(23)20-10(7(2)22)12(24)19-8(13(25)26)4-3-5-18-14(16)17/h6-10,21-22H,3-5,15H2,1-2H3,(H,19,24)(H,20,23)(H,25,26)(H4,16,17,18). The van der Waals surface area contributed by atoms with E-state index in [1.807, 2.05) is 0 Å². The number of aliphatic imine (C=N–C) groups is 1. The summed E-state index contributed by atoms with van der Waals surface area (Å²) in [6, 6.07) is -4.01. The zero-order chi connectivity index (χ0) is 20.4. The highest BCUT2D eigenvalue weighted by Gasteiger charge is 2.31. The second-order valence-electron chi connectivity index (χ2n) is 5.84.